The second-order valence-electron chi connectivity index (χ2n) is 3.41. The molecule has 0 nitrogen and oxygen atoms in total. The molecule has 0 aromatic heterocycles. The maximum atomic E-state index is 3.90. The summed E-state index contributed by atoms with van der Waals surface area (Å²) in [6, 6.07) is 0. The van der Waals surface area contributed by atoms with E-state index < -0.39 is 0 Å². The summed E-state index contributed by atoms with van der Waals surface area (Å²) in [5.41, 5.74) is 3.79. The van der Waals surface area contributed by atoms with Crippen molar-refractivity contribution in [1.82, 2.24) is 0 Å². The largest absolute Gasteiger partial charge is 0.0961 e. The molecule has 14 heavy (non-hydrogen) atoms. The zero-order chi connectivity index (χ0) is 11.1. The van der Waals surface area contributed by atoms with Gasteiger partial charge in [-0.2, -0.15) is 0 Å². The molecule has 0 N–H and O–H groups in total. The van der Waals surface area contributed by atoms with E-state index in [9.17, 15) is 0 Å². The molecule has 0 fully saturated rings. The van der Waals surface area contributed by atoms with E-state index in [2.05, 4.69) is 26.3 Å². The van der Waals surface area contributed by atoms with Gasteiger partial charge in [-0.15, -0.1) is 0 Å². The average Bonchev–Trinajstić information content (AvgIpc) is 2.09. The lowest BCUT2D eigenvalue weighted by Gasteiger charge is -1.98. The van der Waals surface area contributed by atoms with Crippen molar-refractivity contribution in [2.24, 2.45) is 0 Å². The van der Waals surface area contributed by atoms with Crippen LogP contribution in [0.2, 0.25) is 0 Å². The van der Waals surface area contributed by atoms with Gasteiger partial charge in [0.05, 0.1) is 0 Å². The molecule has 0 saturated carbocycles. The summed E-state index contributed by atoms with van der Waals surface area (Å²) in [5, 5.41) is 0. The lowest BCUT2D eigenvalue weighted by molar-refractivity contribution is 1.50. The first-order valence-electron chi connectivity index (χ1n) is 4.49. The zero-order valence-electron chi connectivity index (χ0n) is 9.14. The molecule has 0 rings (SSSR count). The van der Waals surface area contributed by atoms with Crippen LogP contribution in [0.4, 0.5) is 0 Å². The van der Waals surface area contributed by atoms with Crippen LogP contribution in [-0.4, -0.2) is 0 Å². The molecule has 0 aromatic carbocycles. The van der Waals surface area contributed by atoms with Crippen LogP contribution in [0.15, 0.2) is 72.9 Å². The number of rotatable bonds is 5. The van der Waals surface area contributed by atoms with Crippen LogP contribution >= 0.6 is 0 Å². The number of allylic oxidation sites excluding steroid dienone is 8. The Morgan fingerprint density at radius 3 is 1.14 bits per heavy atom. The summed E-state index contributed by atoms with van der Waals surface area (Å²) in [4.78, 5) is 0. The van der Waals surface area contributed by atoms with E-state index in [1.54, 1.807) is 0 Å². The molecule has 74 valence electrons. The van der Waals surface area contributed by atoms with Crippen LogP contribution in [0, 0.1) is 0 Å². The molecule has 0 spiro atoms. The SMILES string of the molecule is C=C(C)C=CC(=C)C(=C)C=CC(=C)C. The number of hydrogen-bond donors (Lipinski definition) is 0. The molecule has 0 bridgehead atoms. The maximum absolute atomic E-state index is 3.90. The maximum Gasteiger partial charge on any atom is -0.0262 e. The van der Waals surface area contributed by atoms with E-state index in [0.717, 1.165) is 22.3 Å². The van der Waals surface area contributed by atoms with Gasteiger partial charge in [0, 0.05) is 0 Å². The smallest absolute Gasteiger partial charge is 0.0262 e. The van der Waals surface area contributed by atoms with E-state index >= 15 is 0 Å². The predicted octanol–water partition coefficient (Wildman–Crippen LogP) is 4.36. The summed E-state index contributed by atoms with van der Waals surface area (Å²) in [6.07, 6.45) is 7.66. The summed E-state index contributed by atoms with van der Waals surface area (Å²) in [6.45, 7) is 19.2. The molecule has 0 radical (unpaired) electrons. The van der Waals surface area contributed by atoms with Crippen LogP contribution in [0.5, 0.6) is 0 Å². The molecule has 0 amide bonds. The first-order valence-corrected chi connectivity index (χ1v) is 4.49. The van der Waals surface area contributed by atoms with Crippen molar-refractivity contribution in [3.8, 4) is 0 Å². The third-order valence-corrected chi connectivity index (χ3v) is 1.55. The van der Waals surface area contributed by atoms with Gasteiger partial charge in [-0.05, 0) is 25.0 Å². The highest BCUT2D eigenvalue weighted by Crippen LogP contribution is 2.10. The fourth-order valence-corrected chi connectivity index (χ4v) is 0.700. The van der Waals surface area contributed by atoms with Crippen molar-refractivity contribution < 1.29 is 0 Å². The van der Waals surface area contributed by atoms with Crippen LogP contribution in [0.1, 0.15) is 13.8 Å². The fourth-order valence-electron chi connectivity index (χ4n) is 0.700. The Bertz CT molecular complexity index is 288. The lowest BCUT2D eigenvalue weighted by Crippen LogP contribution is -1.78. The van der Waals surface area contributed by atoms with Gasteiger partial charge >= 0.3 is 0 Å². The summed E-state index contributed by atoms with van der Waals surface area (Å²) in [5.74, 6) is 0. The van der Waals surface area contributed by atoms with Crippen molar-refractivity contribution in [2.75, 3.05) is 0 Å². The highest BCUT2D eigenvalue weighted by molar-refractivity contribution is 5.45. The monoisotopic (exact) mass is 186 g/mol. The van der Waals surface area contributed by atoms with Crippen LogP contribution in [0.3, 0.4) is 0 Å². The summed E-state index contributed by atoms with van der Waals surface area (Å²) in [7, 11) is 0. The third-order valence-electron chi connectivity index (χ3n) is 1.55. The number of hydrogen-bond acceptors (Lipinski definition) is 0. The normalized spacial score (nSPS) is 10.7. The van der Waals surface area contributed by atoms with Crippen molar-refractivity contribution >= 4 is 0 Å². The minimum absolute atomic E-state index is 0.894. The second kappa shape index (κ2) is 5.98. The minimum Gasteiger partial charge on any atom is -0.0961 e. The fraction of sp³-hybridized carbons (Fsp3) is 0.143. The van der Waals surface area contributed by atoms with E-state index in [0.29, 0.717) is 0 Å². The van der Waals surface area contributed by atoms with Crippen molar-refractivity contribution in [2.45, 2.75) is 13.8 Å². The van der Waals surface area contributed by atoms with Crippen molar-refractivity contribution in [3.05, 3.63) is 72.9 Å². The van der Waals surface area contributed by atoms with Gasteiger partial charge in [-0.1, -0.05) is 61.8 Å². The van der Waals surface area contributed by atoms with Crippen molar-refractivity contribution in [1.29, 1.82) is 0 Å². The molecule has 0 unspecified atom stereocenters. The Hall–Kier alpha value is -1.56. The molecule has 0 aliphatic carbocycles. The zero-order valence-corrected chi connectivity index (χ0v) is 9.14. The molecular formula is C14H18. The average molecular weight is 186 g/mol. The molecule has 0 heterocycles. The lowest BCUT2D eigenvalue weighted by atomic mass is 10.1. The van der Waals surface area contributed by atoms with Crippen LogP contribution in [-0.2, 0) is 0 Å². The summed E-state index contributed by atoms with van der Waals surface area (Å²) < 4.78 is 0. The van der Waals surface area contributed by atoms with Gasteiger partial charge in [0.25, 0.3) is 0 Å². The Balaban J connectivity index is 4.35. The molecule has 0 atom stereocenters. The molecule has 0 aliphatic heterocycles. The first-order chi connectivity index (χ1) is 6.43. The van der Waals surface area contributed by atoms with E-state index in [4.69, 9.17) is 0 Å². The minimum atomic E-state index is 0.894. The second-order valence-corrected chi connectivity index (χ2v) is 3.41. The Morgan fingerprint density at radius 1 is 0.643 bits per heavy atom. The summed E-state index contributed by atoms with van der Waals surface area (Å²) >= 11 is 0. The van der Waals surface area contributed by atoms with Gasteiger partial charge in [0.2, 0.25) is 0 Å². The third kappa shape index (κ3) is 6.01. The van der Waals surface area contributed by atoms with Gasteiger partial charge in [0.15, 0.2) is 0 Å². The highest BCUT2D eigenvalue weighted by atomic mass is 14.0. The van der Waals surface area contributed by atoms with Crippen LogP contribution in [0.25, 0.3) is 0 Å². The molecule has 0 saturated heterocycles. The van der Waals surface area contributed by atoms with Crippen molar-refractivity contribution in [3.63, 3.8) is 0 Å². The first kappa shape index (κ1) is 12.4. The van der Waals surface area contributed by atoms with Crippen LogP contribution < -0.4 is 0 Å². The highest BCUT2D eigenvalue weighted by Gasteiger charge is 1.90. The van der Waals surface area contributed by atoms with E-state index in [1.807, 2.05) is 38.2 Å². The van der Waals surface area contributed by atoms with Gasteiger partial charge < -0.3 is 0 Å². The topological polar surface area (TPSA) is 0 Å². The Kier molecular flexibility index (Phi) is 5.31. The van der Waals surface area contributed by atoms with Gasteiger partial charge in [-0.3, -0.25) is 0 Å². The van der Waals surface area contributed by atoms with E-state index in [1.165, 1.54) is 0 Å². The van der Waals surface area contributed by atoms with E-state index in [-0.39, 0.29) is 0 Å². The van der Waals surface area contributed by atoms with Gasteiger partial charge in [-0.25, -0.2) is 0 Å². The Labute approximate surface area is 87.3 Å². The Morgan fingerprint density at radius 2 is 0.929 bits per heavy atom. The van der Waals surface area contributed by atoms with Gasteiger partial charge in [0.1, 0.15) is 0 Å². The molecule has 0 heteroatoms. The quantitative estimate of drug-likeness (QED) is 0.559. The molecule has 0 aromatic rings. The standard InChI is InChI=1S/C14H18/c1-11(2)7-9-13(5)14(6)10-8-12(3)4/h7-10H,1,3,5-6H2,2,4H3. The molecule has 0 aliphatic rings. The predicted molar refractivity (Wildman–Crippen MR) is 66.2 cm³/mol. The molecular weight excluding hydrogens is 168 g/mol.